The minimum Gasteiger partial charge on any atom is -0.487 e. The van der Waals surface area contributed by atoms with Crippen LogP contribution in [0.1, 0.15) is 22.4 Å². The molecule has 0 amide bonds. The standard InChI is InChI=1S/C19H13BrN2O2.C13H10BrF2NO2/c20-18-17(24-13-15-4-2-1-3-5-15)10-11-22(19(18)23)16-8-6-14(12-21)7-9-16;1-7-4-11(12(14)13(18)17-7)19-6-8-2-3-9(15)5-10(8)16/h1-11H,13H2;2-5H,6H2,1H3,(H,17,18). The van der Waals surface area contributed by atoms with Gasteiger partial charge in [0.15, 0.2) is 0 Å². The van der Waals surface area contributed by atoms with Crippen LogP contribution in [0, 0.1) is 29.9 Å². The first-order valence-electron chi connectivity index (χ1n) is 12.7. The largest absolute Gasteiger partial charge is 0.487 e. The third kappa shape index (κ3) is 8.28. The number of nitrogens with one attached hydrogen (secondary N) is 1. The van der Waals surface area contributed by atoms with E-state index in [1.165, 1.54) is 10.6 Å². The minimum atomic E-state index is -0.683. The van der Waals surface area contributed by atoms with E-state index >= 15 is 0 Å². The maximum absolute atomic E-state index is 13.4. The number of ether oxygens (including phenoxy) is 2. The van der Waals surface area contributed by atoms with Gasteiger partial charge >= 0.3 is 0 Å². The highest BCUT2D eigenvalue weighted by Crippen LogP contribution is 2.24. The molecule has 3 aromatic carbocycles. The molecule has 0 saturated carbocycles. The Labute approximate surface area is 262 Å². The number of pyridine rings is 2. The maximum Gasteiger partial charge on any atom is 0.273 e. The summed E-state index contributed by atoms with van der Waals surface area (Å²) in [5, 5.41) is 8.84. The minimum absolute atomic E-state index is 0.0897. The molecule has 0 radical (unpaired) electrons. The number of hydrogen-bond acceptors (Lipinski definition) is 5. The number of rotatable bonds is 7. The third-order valence-electron chi connectivity index (χ3n) is 5.98. The Balaban J connectivity index is 0.000000203. The summed E-state index contributed by atoms with van der Waals surface area (Å²) >= 11 is 6.41. The van der Waals surface area contributed by atoms with Crippen LogP contribution < -0.4 is 20.6 Å². The average Bonchev–Trinajstić information content (AvgIpc) is 3.00. The Morgan fingerprint density at radius 2 is 1.56 bits per heavy atom. The fourth-order valence-corrected chi connectivity index (χ4v) is 4.55. The molecule has 0 atom stereocenters. The van der Waals surface area contributed by atoms with Crippen molar-refractivity contribution in [3.8, 4) is 23.3 Å². The number of aromatic amines is 1. The number of benzene rings is 3. The Morgan fingerprint density at radius 1 is 0.860 bits per heavy atom. The molecule has 0 aliphatic heterocycles. The molecule has 0 fully saturated rings. The van der Waals surface area contributed by atoms with Crippen molar-refractivity contribution < 1.29 is 18.3 Å². The summed E-state index contributed by atoms with van der Waals surface area (Å²) < 4.78 is 39.4. The highest BCUT2D eigenvalue weighted by Gasteiger charge is 2.11. The van der Waals surface area contributed by atoms with Crippen molar-refractivity contribution in [3.05, 3.63) is 155 Å². The molecular weight excluding hydrogens is 688 g/mol. The van der Waals surface area contributed by atoms with Crippen molar-refractivity contribution in [1.82, 2.24) is 9.55 Å². The van der Waals surface area contributed by atoms with Gasteiger partial charge in [0.1, 0.15) is 45.3 Å². The molecule has 0 unspecified atom stereocenters. The summed E-state index contributed by atoms with van der Waals surface area (Å²) in [6.07, 6.45) is 1.66. The fourth-order valence-electron chi connectivity index (χ4n) is 3.78. The second-order valence-electron chi connectivity index (χ2n) is 9.09. The summed E-state index contributed by atoms with van der Waals surface area (Å²) in [5.41, 5.74) is 2.57. The maximum atomic E-state index is 13.4. The lowest BCUT2D eigenvalue weighted by Crippen LogP contribution is -2.19. The van der Waals surface area contributed by atoms with Gasteiger partial charge in [-0.25, -0.2) is 8.78 Å². The molecule has 0 aliphatic carbocycles. The van der Waals surface area contributed by atoms with Crippen molar-refractivity contribution in [2.75, 3.05) is 0 Å². The van der Waals surface area contributed by atoms with Crippen LogP contribution in [0.3, 0.4) is 0 Å². The number of hydrogen-bond donors (Lipinski definition) is 1. The zero-order chi connectivity index (χ0) is 30.9. The highest BCUT2D eigenvalue weighted by molar-refractivity contribution is 9.10. The Morgan fingerprint density at radius 3 is 2.23 bits per heavy atom. The van der Waals surface area contributed by atoms with Crippen LogP contribution in [-0.4, -0.2) is 9.55 Å². The van der Waals surface area contributed by atoms with Crippen LogP contribution in [0.2, 0.25) is 0 Å². The van der Waals surface area contributed by atoms with Gasteiger partial charge in [0.2, 0.25) is 0 Å². The van der Waals surface area contributed by atoms with Crippen molar-refractivity contribution >= 4 is 31.9 Å². The van der Waals surface area contributed by atoms with Gasteiger partial charge in [-0.15, -0.1) is 0 Å². The predicted octanol–water partition coefficient (Wildman–Crippen LogP) is 7.35. The van der Waals surface area contributed by atoms with Crippen molar-refractivity contribution in [2.45, 2.75) is 20.1 Å². The molecule has 5 aromatic rings. The summed E-state index contributed by atoms with van der Waals surface area (Å²) in [6.45, 7) is 2.01. The van der Waals surface area contributed by atoms with Gasteiger partial charge in [-0.1, -0.05) is 30.3 Å². The third-order valence-corrected chi connectivity index (χ3v) is 7.46. The average molecular weight is 711 g/mol. The molecule has 1 N–H and O–H groups in total. The topological polar surface area (TPSA) is 97.1 Å². The Bertz CT molecular complexity index is 1890. The van der Waals surface area contributed by atoms with Gasteiger partial charge in [0.05, 0.1) is 11.6 Å². The van der Waals surface area contributed by atoms with E-state index in [2.05, 4.69) is 42.9 Å². The lowest BCUT2D eigenvalue weighted by molar-refractivity contribution is 0.296. The van der Waals surface area contributed by atoms with Gasteiger partial charge in [0, 0.05) is 35.3 Å². The Kier molecular flexibility index (Phi) is 10.6. The van der Waals surface area contributed by atoms with E-state index in [9.17, 15) is 18.4 Å². The van der Waals surface area contributed by atoms with E-state index in [1.807, 2.05) is 30.3 Å². The first kappa shape index (κ1) is 31.4. The zero-order valence-corrected chi connectivity index (χ0v) is 25.8. The predicted molar refractivity (Wildman–Crippen MR) is 165 cm³/mol. The number of aromatic nitrogens is 2. The van der Waals surface area contributed by atoms with Gasteiger partial charge in [-0.3, -0.25) is 14.2 Å². The number of halogens is 4. The summed E-state index contributed by atoms with van der Waals surface area (Å²) in [4.78, 5) is 26.6. The SMILES string of the molecule is Cc1cc(OCc2ccc(F)cc2F)c(Br)c(=O)[nH]1.N#Cc1ccc(-n2ccc(OCc3ccccc3)c(Br)c2=O)cc1. The monoisotopic (exact) mass is 709 g/mol. The van der Waals surface area contributed by atoms with Crippen molar-refractivity contribution in [2.24, 2.45) is 0 Å². The van der Waals surface area contributed by atoms with E-state index in [4.69, 9.17) is 14.7 Å². The lowest BCUT2D eigenvalue weighted by atomic mass is 10.2. The molecule has 5 rings (SSSR count). The van der Waals surface area contributed by atoms with Crippen molar-refractivity contribution in [3.63, 3.8) is 0 Å². The van der Waals surface area contributed by atoms with Gasteiger partial charge in [0.25, 0.3) is 11.1 Å². The molecule has 7 nitrogen and oxygen atoms in total. The molecule has 43 heavy (non-hydrogen) atoms. The molecule has 0 spiro atoms. The van der Waals surface area contributed by atoms with E-state index in [0.717, 1.165) is 17.7 Å². The molecule has 11 heteroatoms. The molecular formula is C32H23Br2F2N3O4. The number of nitriles is 1. The lowest BCUT2D eigenvalue weighted by Gasteiger charge is -2.11. The second-order valence-corrected chi connectivity index (χ2v) is 10.7. The number of aryl methyl sites for hydroxylation is 1. The first-order valence-corrected chi connectivity index (χ1v) is 14.3. The Hall–Kier alpha value is -4.53. The van der Waals surface area contributed by atoms with E-state index in [-0.39, 0.29) is 27.8 Å². The van der Waals surface area contributed by atoms with E-state index < -0.39 is 11.6 Å². The number of H-pyrrole nitrogens is 1. The molecule has 2 heterocycles. The van der Waals surface area contributed by atoms with Crippen LogP contribution in [0.4, 0.5) is 8.78 Å². The molecule has 218 valence electrons. The zero-order valence-electron chi connectivity index (χ0n) is 22.6. The smallest absolute Gasteiger partial charge is 0.273 e. The normalized spacial score (nSPS) is 10.3. The van der Waals surface area contributed by atoms with E-state index in [0.29, 0.717) is 39.5 Å². The van der Waals surface area contributed by atoms with Crippen LogP contribution >= 0.6 is 31.9 Å². The molecule has 0 bridgehead atoms. The molecule has 2 aromatic heterocycles. The quantitative estimate of drug-likeness (QED) is 0.191. The number of nitrogens with zero attached hydrogens (tertiary/aromatic N) is 2. The first-order chi connectivity index (χ1) is 20.7. The molecule has 0 aliphatic rings. The van der Waals surface area contributed by atoms with Gasteiger partial charge in [-0.05, 0) is 86.8 Å². The summed E-state index contributed by atoms with van der Waals surface area (Å²) in [6, 6.07) is 25.2. The van der Waals surface area contributed by atoms with E-state index in [1.54, 1.807) is 49.5 Å². The van der Waals surface area contributed by atoms with Crippen LogP contribution in [-0.2, 0) is 13.2 Å². The summed E-state index contributed by atoms with van der Waals surface area (Å²) in [7, 11) is 0. The summed E-state index contributed by atoms with van der Waals surface area (Å²) in [5.74, 6) is -0.522. The fraction of sp³-hybridized carbons (Fsp3) is 0.0938. The highest BCUT2D eigenvalue weighted by atomic mass is 79.9. The van der Waals surface area contributed by atoms with Crippen molar-refractivity contribution in [1.29, 1.82) is 5.26 Å². The second kappa shape index (κ2) is 14.6. The van der Waals surface area contributed by atoms with Crippen LogP contribution in [0.15, 0.2) is 110 Å². The van der Waals surface area contributed by atoms with Crippen LogP contribution in [0.5, 0.6) is 11.5 Å². The molecule has 0 saturated heterocycles. The van der Waals surface area contributed by atoms with Gasteiger partial charge in [-0.2, -0.15) is 5.26 Å². The van der Waals surface area contributed by atoms with Crippen LogP contribution in [0.25, 0.3) is 5.69 Å². The van der Waals surface area contributed by atoms with Gasteiger partial charge < -0.3 is 14.5 Å².